The molecule has 0 aliphatic carbocycles. The summed E-state index contributed by atoms with van der Waals surface area (Å²) in [4.78, 5) is 18.0. The van der Waals surface area contributed by atoms with Crippen LogP contribution in [0.15, 0.2) is 35.8 Å². The molecule has 0 atom stereocenters. The molecule has 2 aromatic rings. The van der Waals surface area contributed by atoms with E-state index < -0.39 is 0 Å². The molecule has 0 N–H and O–H groups in total. The summed E-state index contributed by atoms with van der Waals surface area (Å²) in [6.07, 6.45) is 2.12. The van der Waals surface area contributed by atoms with Gasteiger partial charge in [-0.3, -0.25) is 4.79 Å². The van der Waals surface area contributed by atoms with Crippen LogP contribution >= 0.6 is 11.3 Å². The van der Waals surface area contributed by atoms with Crippen molar-refractivity contribution < 1.29 is 9.53 Å². The van der Waals surface area contributed by atoms with Gasteiger partial charge in [0.05, 0.1) is 20.1 Å². The van der Waals surface area contributed by atoms with Crippen LogP contribution in [0, 0.1) is 0 Å². The maximum absolute atomic E-state index is 12.1. The number of hydrogen-bond donors (Lipinski definition) is 0. The minimum atomic E-state index is 0.0726. The molecule has 0 saturated heterocycles. The lowest BCUT2D eigenvalue weighted by molar-refractivity contribution is -0.129. The van der Waals surface area contributed by atoms with Crippen molar-refractivity contribution in [1.29, 1.82) is 0 Å². The van der Waals surface area contributed by atoms with Crippen molar-refractivity contribution in [2.24, 2.45) is 0 Å². The summed E-state index contributed by atoms with van der Waals surface area (Å²) in [7, 11) is 3.42. The molecule has 0 fully saturated rings. The van der Waals surface area contributed by atoms with Crippen LogP contribution in [0.4, 0.5) is 0 Å². The van der Waals surface area contributed by atoms with Gasteiger partial charge in [0.25, 0.3) is 0 Å². The normalized spacial score (nSPS) is 10.2. The summed E-state index contributed by atoms with van der Waals surface area (Å²) < 4.78 is 5.15. The Labute approximate surface area is 116 Å². The minimum absolute atomic E-state index is 0.0726. The lowest BCUT2D eigenvalue weighted by atomic mass is 10.1. The molecule has 5 heteroatoms. The average molecular weight is 276 g/mol. The molecular weight excluding hydrogens is 260 g/mol. The van der Waals surface area contributed by atoms with E-state index in [1.54, 1.807) is 36.6 Å². The Hall–Kier alpha value is -1.88. The van der Waals surface area contributed by atoms with Gasteiger partial charge in [0.1, 0.15) is 10.8 Å². The van der Waals surface area contributed by atoms with Crippen molar-refractivity contribution in [2.75, 3.05) is 14.2 Å². The highest BCUT2D eigenvalue weighted by Gasteiger charge is 2.11. The molecule has 1 heterocycles. The van der Waals surface area contributed by atoms with Gasteiger partial charge in [0, 0.05) is 18.6 Å². The largest absolute Gasteiger partial charge is 0.497 e. The van der Waals surface area contributed by atoms with Crippen LogP contribution < -0.4 is 4.74 Å². The molecule has 19 heavy (non-hydrogen) atoms. The van der Waals surface area contributed by atoms with Gasteiger partial charge in [-0.1, -0.05) is 12.1 Å². The highest BCUT2D eigenvalue weighted by Crippen LogP contribution is 2.14. The van der Waals surface area contributed by atoms with Crippen molar-refractivity contribution in [3.05, 3.63) is 46.4 Å². The molecule has 0 spiro atoms. The molecular formula is C14H16N2O2S. The van der Waals surface area contributed by atoms with E-state index in [2.05, 4.69) is 4.98 Å². The van der Waals surface area contributed by atoms with Crippen LogP contribution in [0.5, 0.6) is 5.75 Å². The smallest absolute Gasteiger partial charge is 0.227 e. The fourth-order valence-corrected chi connectivity index (χ4v) is 2.38. The van der Waals surface area contributed by atoms with Gasteiger partial charge in [0.2, 0.25) is 5.91 Å². The Balaban J connectivity index is 1.96. The van der Waals surface area contributed by atoms with Gasteiger partial charge in [-0.05, 0) is 17.7 Å². The number of benzene rings is 1. The van der Waals surface area contributed by atoms with E-state index in [4.69, 9.17) is 4.74 Å². The number of likely N-dealkylation sites (N-methyl/N-ethyl adjacent to an activating group) is 1. The van der Waals surface area contributed by atoms with Crippen molar-refractivity contribution in [2.45, 2.75) is 13.0 Å². The van der Waals surface area contributed by atoms with E-state index >= 15 is 0 Å². The van der Waals surface area contributed by atoms with Crippen molar-refractivity contribution in [3.8, 4) is 5.75 Å². The molecule has 0 saturated carbocycles. The zero-order valence-corrected chi connectivity index (χ0v) is 11.8. The summed E-state index contributed by atoms with van der Waals surface area (Å²) in [5, 5.41) is 2.86. The van der Waals surface area contributed by atoms with E-state index in [1.165, 1.54) is 0 Å². The molecule has 0 radical (unpaired) electrons. The maximum Gasteiger partial charge on any atom is 0.227 e. The van der Waals surface area contributed by atoms with Gasteiger partial charge in [-0.15, -0.1) is 11.3 Å². The molecule has 1 aromatic carbocycles. The zero-order valence-electron chi connectivity index (χ0n) is 11.0. The highest BCUT2D eigenvalue weighted by molar-refractivity contribution is 7.09. The van der Waals surface area contributed by atoms with Crippen LogP contribution in [0.2, 0.25) is 0 Å². The van der Waals surface area contributed by atoms with Crippen LogP contribution in [-0.2, 0) is 17.8 Å². The molecule has 100 valence electrons. The highest BCUT2D eigenvalue weighted by atomic mass is 32.1. The molecule has 4 nitrogen and oxygen atoms in total. The van der Waals surface area contributed by atoms with Crippen LogP contribution in [0.3, 0.4) is 0 Å². The second kappa shape index (κ2) is 6.33. The Morgan fingerprint density at radius 1 is 1.47 bits per heavy atom. The number of thiazole rings is 1. The zero-order chi connectivity index (χ0) is 13.7. The van der Waals surface area contributed by atoms with Crippen LogP contribution in [0.25, 0.3) is 0 Å². The summed E-state index contributed by atoms with van der Waals surface area (Å²) >= 11 is 1.56. The summed E-state index contributed by atoms with van der Waals surface area (Å²) in [6.45, 7) is 0.556. The number of amides is 1. The number of carbonyl (C=O) groups excluding carboxylic acids is 1. The quantitative estimate of drug-likeness (QED) is 0.842. The summed E-state index contributed by atoms with van der Waals surface area (Å²) in [5.41, 5.74) is 0.954. The molecule has 1 aromatic heterocycles. The van der Waals surface area contributed by atoms with E-state index in [0.29, 0.717) is 13.0 Å². The van der Waals surface area contributed by atoms with E-state index in [1.807, 2.05) is 29.6 Å². The first-order chi connectivity index (χ1) is 9.19. The first-order valence-electron chi connectivity index (χ1n) is 5.94. The number of rotatable bonds is 5. The van der Waals surface area contributed by atoms with Crippen molar-refractivity contribution in [1.82, 2.24) is 9.88 Å². The maximum atomic E-state index is 12.1. The average Bonchev–Trinajstić information content (AvgIpc) is 2.91. The number of methoxy groups -OCH3 is 1. The first-order valence-corrected chi connectivity index (χ1v) is 6.82. The molecule has 0 aliphatic heterocycles. The third-order valence-electron chi connectivity index (χ3n) is 2.77. The Bertz CT molecular complexity index is 540. The predicted octanol–water partition coefficient (Wildman–Crippen LogP) is 2.35. The second-order valence-electron chi connectivity index (χ2n) is 4.20. The lowest BCUT2D eigenvalue weighted by Gasteiger charge is -2.15. The fourth-order valence-electron chi connectivity index (χ4n) is 1.71. The summed E-state index contributed by atoms with van der Waals surface area (Å²) in [5.74, 6) is 0.844. The third-order valence-corrected chi connectivity index (χ3v) is 3.54. The number of nitrogens with zero attached hydrogens (tertiary/aromatic N) is 2. The standard InChI is InChI=1S/C14H16N2O2S/c1-16(10-13-15-6-7-19-13)14(17)9-11-4-3-5-12(8-11)18-2/h3-8H,9-10H2,1-2H3. The third kappa shape index (κ3) is 3.79. The van der Waals surface area contributed by atoms with Gasteiger partial charge in [-0.25, -0.2) is 4.98 Å². The second-order valence-corrected chi connectivity index (χ2v) is 5.18. The minimum Gasteiger partial charge on any atom is -0.497 e. The predicted molar refractivity (Wildman–Crippen MR) is 75.3 cm³/mol. The molecule has 0 unspecified atom stereocenters. The molecule has 1 amide bonds. The Kier molecular flexibility index (Phi) is 4.52. The van der Waals surface area contributed by atoms with Gasteiger partial charge in [-0.2, -0.15) is 0 Å². The van der Waals surface area contributed by atoms with Gasteiger partial charge in [0.15, 0.2) is 0 Å². The first kappa shape index (κ1) is 13.5. The van der Waals surface area contributed by atoms with Crippen LogP contribution in [0.1, 0.15) is 10.6 Å². The number of carbonyl (C=O) groups is 1. The Morgan fingerprint density at radius 2 is 2.32 bits per heavy atom. The van der Waals surface area contributed by atoms with Crippen molar-refractivity contribution >= 4 is 17.2 Å². The van der Waals surface area contributed by atoms with E-state index in [-0.39, 0.29) is 5.91 Å². The fraction of sp³-hybridized carbons (Fsp3) is 0.286. The topological polar surface area (TPSA) is 42.4 Å². The molecule has 0 bridgehead atoms. The van der Waals surface area contributed by atoms with Gasteiger partial charge < -0.3 is 9.64 Å². The SMILES string of the molecule is COc1cccc(CC(=O)N(C)Cc2nccs2)c1. The lowest BCUT2D eigenvalue weighted by Crippen LogP contribution is -2.27. The number of hydrogen-bond acceptors (Lipinski definition) is 4. The Morgan fingerprint density at radius 3 is 3.00 bits per heavy atom. The molecule has 2 rings (SSSR count). The van der Waals surface area contributed by atoms with Gasteiger partial charge >= 0.3 is 0 Å². The number of aromatic nitrogens is 1. The van der Waals surface area contributed by atoms with Crippen molar-refractivity contribution in [3.63, 3.8) is 0 Å². The van der Waals surface area contributed by atoms with Crippen LogP contribution in [-0.4, -0.2) is 29.9 Å². The summed E-state index contributed by atoms with van der Waals surface area (Å²) in [6, 6.07) is 7.57. The number of ether oxygens (including phenoxy) is 1. The monoisotopic (exact) mass is 276 g/mol. The van der Waals surface area contributed by atoms with E-state index in [9.17, 15) is 4.79 Å². The van der Waals surface area contributed by atoms with E-state index in [0.717, 1.165) is 16.3 Å². The molecule has 0 aliphatic rings.